The summed E-state index contributed by atoms with van der Waals surface area (Å²) in [6, 6.07) is 13.1. The summed E-state index contributed by atoms with van der Waals surface area (Å²) in [5.41, 5.74) is 4.36. The van der Waals surface area contributed by atoms with Gasteiger partial charge in [0.25, 0.3) is 5.91 Å². The van der Waals surface area contributed by atoms with Gasteiger partial charge in [-0.3, -0.25) is 14.6 Å². The van der Waals surface area contributed by atoms with Crippen LogP contribution in [0.2, 0.25) is 15.1 Å². The molecule has 0 aromatic heterocycles. The second kappa shape index (κ2) is 10.2. The largest absolute Gasteiger partial charge is 0.297 e. The first-order chi connectivity index (χ1) is 13.5. The predicted molar refractivity (Wildman–Crippen MR) is 115 cm³/mol. The average Bonchev–Trinajstić information content (AvgIpc) is 2.67. The van der Waals surface area contributed by atoms with E-state index in [4.69, 9.17) is 34.8 Å². The summed E-state index contributed by atoms with van der Waals surface area (Å²) in [5, 5.41) is 5.69. The number of nitrogens with one attached hydrogen (secondary N) is 1. The first kappa shape index (κ1) is 21.1. The lowest BCUT2D eigenvalue weighted by Gasteiger charge is -2.34. The summed E-state index contributed by atoms with van der Waals surface area (Å²) in [4.78, 5) is 16.6. The van der Waals surface area contributed by atoms with Gasteiger partial charge in [0.1, 0.15) is 0 Å². The number of hydrogen-bond acceptors (Lipinski definition) is 4. The van der Waals surface area contributed by atoms with Crippen molar-refractivity contribution >= 4 is 46.9 Å². The molecule has 148 valence electrons. The third-order valence-electron chi connectivity index (χ3n) is 4.53. The molecule has 5 nitrogen and oxygen atoms in total. The minimum atomic E-state index is -0.162. The Morgan fingerprint density at radius 1 is 0.964 bits per heavy atom. The van der Waals surface area contributed by atoms with Gasteiger partial charge in [-0.2, -0.15) is 5.10 Å². The van der Waals surface area contributed by atoms with Gasteiger partial charge >= 0.3 is 0 Å². The third-order valence-corrected chi connectivity index (χ3v) is 5.45. The van der Waals surface area contributed by atoms with Crippen LogP contribution in [0.3, 0.4) is 0 Å². The maximum Gasteiger partial charge on any atom is 0.254 e. The van der Waals surface area contributed by atoms with E-state index in [1.54, 1.807) is 18.2 Å². The monoisotopic (exact) mass is 438 g/mol. The Kier molecular flexibility index (Phi) is 7.71. The van der Waals surface area contributed by atoms with Crippen molar-refractivity contribution in [3.63, 3.8) is 0 Å². The number of hydrazone groups is 1. The minimum Gasteiger partial charge on any atom is -0.297 e. The molecule has 1 fully saturated rings. The van der Waals surface area contributed by atoms with E-state index >= 15 is 0 Å². The molecule has 2 aromatic carbocycles. The van der Waals surface area contributed by atoms with Gasteiger partial charge in [-0.15, -0.1) is 0 Å². The number of rotatable bonds is 6. The smallest absolute Gasteiger partial charge is 0.254 e. The highest BCUT2D eigenvalue weighted by molar-refractivity contribution is 6.38. The van der Waals surface area contributed by atoms with Crippen LogP contribution in [-0.4, -0.2) is 54.6 Å². The molecule has 28 heavy (non-hydrogen) atoms. The molecular weight excluding hydrogens is 419 g/mol. The maximum absolute atomic E-state index is 12.1. The normalized spacial score (nSPS) is 15.8. The number of piperazine rings is 1. The van der Waals surface area contributed by atoms with Gasteiger partial charge in [0.05, 0.1) is 22.8 Å². The van der Waals surface area contributed by atoms with E-state index in [2.05, 4.69) is 20.3 Å². The lowest BCUT2D eigenvalue weighted by atomic mass is 10.2. The first-order valence-electron chi connectivity index (χ1n) is 8.96. The van der Waals surface area contributed by atoms with Gasteiger partial charge in [0.15, 0.2) is 0 Å². The molecule has 0 bridgehead atoms. The number of halogens is 3. The van der Waals surface area contributed by atoms with Crippen molar-refractivity contribution < 1.29 is 4.79 Å². The molecule has 8 heteroatoms. The van der Waals surface area contributed by atoms with Crippen molar-refractivity contribution in [1.82, 2.24) is 15.2 Å². The topological polar surface area (TPSA) is 47.9 Å². The molecule has 0 aliphatic carbocycles. The Hall–Kier alpha value is -1.63. The van der Waals surface area contributed by atoms with Crippen molar-refractivity contribution in [2.45, 2.75) is 6.54 Å². The highest BCUT2D eigenvalue weighted by atomic mass is 35.5. The van der Waals surface area contributed by atoms with Crippen LogP contribution in [0.1, 0.15) is 11.1 Å². The van der Waals surface area contributed by atoms with Crippen molar-refractivity contribution in [2.75, 3.05) is 32.7 Å². The summed E-state index contributed by atoms with van der Waals surface area (Å²) >= 11 is 18.1. The average molecular weight is 440 g/mol. The van der Waals surface area contributed by atoms with Gasteiger partial charge in [0, 0.05) is 43.3 Å². The Morgan fingerprint density at radius 3 is 2.21 bits per heavy atom. The molecule has 1 heterocycles. The molecule has 1 saturated heterocycles. The number of benzene rings is 2. The molecule has 1 amide bonds. The van der Waals surface area contributed by atoms with E-state index in [0.717, 1.165) is 37.7 Å². The molecule has 0 saturated carbocycles. The van der Waals surface area contributed by atoms with Crippen LogP contribution in [0.25, 0.3) is 0 Å². The molecule has 2 aromatic rings. The van der Waals surface area contributed by atoms with Crippen LogP contribution in [0.5, 0.6) is 0 Å². The van der Waals surface area contributed by atoms with Gasteiger partial charge in [-0.1, -0.05) is 53.0 Å². The van der Waals surface area contributed by atoms with Gasteiger partial charge in [-0.05, 0) is 29.8 Å². The standard InChI is InChI=1S/C20H21Cl3N4O/c21-16-6-4-15(5-7-16)13-26-8-10-27(11-9-26)14-20(28)25-24-12-17-18(22)2-1-3-19(17)23/h1-7,12H,8-11,13-14H2,(H,25,28)/b24-12+. The van der Waals surface area contributed by atoms with Crippen molar-refractivity contribution in [3.8, 4) is 0 Å². The number of carbonyl (C=O) groups is 1. The molecule has 1 aliphatic rings. The van der Waals surface area contributed by atoms with Crippen LogP contribution < -0.4 is 5.43 Å². The summed E-state index contributed by atoms with van der Waals surface area (Å²) in [7, 11) is 0. The van der Waals surface area contributed by atoms with Crippen LogP contribution in [0, 0.1) is 0 Å². The second-order valence-corrected chi connectivity index (χ2v) is 7.86. The van der Waals surface area contributed by atoms with Gasteiger partial charge in [-0.25, -0.2) is 5.43 Å². The lowest BCUT2D eigenvalue weighted by Crippen LogP contribution is -2.48. The predicted octanol–water partition coefficient (Wildman–Crippen LogP) is 3.91. The second-order valence-electron chi connectivity index (χ2n) is 6.61. The summed E-state index contributed by atoms with van der Waals surface area (Å²) in [6.45, 7) is 4.69. The Bertz CT molecular complexity index is 814. The van der Waals surface area contributed by atoms with Gasteiger partial charge < -0.3 is 0 Å². The van der Waals surface area contributed by atoms with Crippen LogP contribution >= 0.6 is 34.8 Å². The Balaban J connectivity index is 1.41. The summed E-state index contributed by atoms with van der Waals surface area (Å²) < 4.78 is 0. The fraction of sp³-hybridized carbons (Fsp3) is 0.300. The Labute approximate surface area is 179 Å². The summed E-state index contributed by atoms with van der Waals surface area (Å²) in [6.07, 6.45) is 1.46. The minimum absolute atomic E-state index is 0.162. The number of amides is 1. The zero-order chi connectivity index (χ0) is 19.9. The number of hydrogen-bond donors (Lipinski definition) is 1. The molecule has 0 atom stereocenters. The van der Waals surface area contributed by atoms with Crippen LogP contribution in [-0.2, 0) is 11.3 Å². The molecular formula is C20H21Cl3N4O. The molecule has 0 radical (unpaired) electrons. The van der Waals surface area contributed by atoms with E-state index in [1.807, 2.05) is 24.3 Å². The van der Waals surface area contributed by atoms with E-state index in [0.29, 0.717) is 22.2 Å². The third kappa shape index (κ3) is 6.19. The van der Waals surface area contributed by atoms with E-state index in [1.165, 1.54) is 11.8 Å². The fourth-order valence-electron chi connectivity index (χ4n) is 2.99. The number of carbonyl (C=O) groups excluding carboxylic acids is 1. The van der Waals surface area contributed by atoms with Crippen molar-refractivity contribution in [3.05, 3.63) is 68.7 Å². The van der Waals surface area contributed by atoms with Crippen LogP contribution in [0.4, 0.5) is 0 Å². The highest BCUT2D eigenvalue weighted by Gasteiger charge is 2.18. The van der Waals surface area contributed by atoms with E-state index in [-0.39, 0.29) is 5.91 Å². The molecule has 0 unspecified atom stereocenters. The number of nitrogens with zero attached hydrogens (tertiary/aromatic N) is 3. The maximum atomic E-state index is 12.1. The zero-order valence-electron chi connectivity index (χ0n) is 15.2. The van der Waals surface area contributed by atoms with Crippen molar-refractivity contribution in [2.24, 2.45) is 5.10 Å². The van der Waals surface area contributed by atoms with Crippen molar-refractivity contribution in [1.29, 1.82) is 0 Å². The quantitative estimate of drug-likeness (QED) is 0.548. The highest BCUT2D eigenvalue weighted by Crippen LogP contribution is 2.22. The molecule has 1 aliphatic heterocycles. The fourth-order valence-corrected chi connectivity index (χ4v) is 3.62. The Morgan fingerprint density at radius 2 is 1.57 bits per heavy atom. The van der Waals surface area contributed by atoms with Crippen LogP contribution in [0.15, 0.2) is 47.6 Å². The molecule has 1 N–H and O–H groups in total. The SMILES string of the molecule is O=C(CN1CCN(Cc2ccc(Cl)cc2)CC1)N/N=C/c1c(Cl)cccc1Cl. The molecule has 0 spiro atoms. The lowest BCUT2D eigenvalue weighted by molar-refractivity contribution is -0.122. The van der Waals surface area contributed by atoms with E-state index in [9.17, 15) is 4.79 Å². The summed E-state index contributed by atoms with van der Waals surface area (Å²) in [5.74, 6) is -0.162. The van der Waals surface area contributed by atoms with Gasteiger partial charge in [0.2, 0.25) is 0 Å². The van der Waals surface area contributed by atoms with E-state index < -0.39 is 0 Å². The zero-order valence-corrected chi connectivity index (χ0v) is 17.5. The first-order valence-corrected chi connectivity index (χ1v) is 10.1. The molecule has 3 rings (SSSR count).